The molecule has 0 unspecified atom stereocenters. The number of benzene rings is 1. The zero-order valence-corrected chi connectivity index (χ0v) is 10.1. The molecule has 1 heterocycles. The van der Waals surface area contributed by atoms with Gasteiger partial charge in [-0.1, -0.05) is 11.6 Å². The van der Waals surface area contributed by atoms with E-state index in [9.17, 15) is 13.2 Å². The number of anilines is 1. The lowest BCUT2D eigenvalue weighted by atomic mass is 10.2. The van der Waals surface area contributed by atoms with Crippen molar-refractivity contribution in [3.63, 3.8) is 0 Å². The van der Waals surface area contributed by atoms with E-state index in [4.69, 9.17) is 16.7 Å². The molecule has 1 aliphatic rings. The van der Waals surface area contributed by atoms with Crippen molar-refractivity contribution >= 4 is 33.5 Å². The average molecular weight is 277 g/mol. The van der Waals surface area contributed by atoms with Crippen molar-refractivity contribution in [3.05, 3.63) is 28.8 Å². The number of hydrogen-bond donors (Lipinski definition) is 2. The molecule has 0 saturated carbocycles. The van der Waals surface area contributed by atoms with Crippen LogP contribution in [0.3, 0.4) is 0 Å². The second kappa shape index (κ2) is 4.17. The summed E-state index contributed by atoms with van der Waals surface area (Å²) in [5.41, 5.74) is 0.170. The summed E-state index contributed by atoms with van der Waals surface area (Å²) in [6.45, 7) is 0.501. The second-order valence-electron chi connectivity index (χ2n) is 3.44. The number of halogens is 1. The highest BCUT2D eigenvalue weighted by Crippen LogP contribution is 2.29. The van der Waals surface area contributed by atoms with Crippen molar-refractivity contribution in [1.29, 1.82) is 0 Å². The van der Waals surface area contributed by atoms with Gasteiger partial charge in [0.25, 0.3) is 0 Å². The lowest BCUT2D eigenvalue weighted by molar-refractivity contribution is 0.0697. The smallest absolute Gasteiger partial charge is 0.335 e. The first kappa shape index (κ1) is 12.2. The lowest BCUT2D eigenvalue weighted by Gasteiger charge is -2.17. The summed E-state index contributed by atoms with van der Waals surface area (Å²) in [5, 5.41) is 9.04. The summed E-state index contributed by atoms with van der Waals surface area (Å²) >= 11 is 5.88. The maximum Gasteiger partial charge on any atom is 0.335 e. The van der Waals surface area contributed by atoms with Gasteiger partial charge in [-0.05, 0) is 18.2 Å². The first-order valence-corrected chi connectivity index (χ1v) is 6.54. The summed E-state index contributed by atoms with van der Waals surface area (Å²) in [5.74, 6) is -1.13. The Morgan fingerprint density at radius 2 is 2.18 bits per heavy atom. The third kappa shape index (κ3) is 2.21. The van der Waals surface area contributed by atoms with E-state index >= 15 is 0 Å². The number of carboxylic acids is 1. The van der Waals surface area contributed by atoms with E-state index in [1.165, 1.54) is 18.2 Å². The Bertz CT molecular complexity index is 572. The number of nitrogens with zero attached hydrogens (tertiary/aromatic N) is 1. The molecule has 6 nitrogen and oxygen atoms in total. The van der Waals surface area contributed by atoms with Gasteiger partial charge in [0.05, 0.1) is 16.3 Å². The van der Waals surface area contributed by atoms with E-state index in [1.807, 2.05) is 0 Å². The van der Waals surface area contributed by atoms with Crippen molar-refractivity contribution in [3.8, 4) is 0 Å². The van der Waals surface area contributed by atoms with E-state index < -0.39 is 16.2 Å². The molecule has 1 aromatic carbocycles. The predicted octanol–water partition coefficient (Wildman–Crippen LogP) is 0.693. The Morgan fingerprint density at radius 1 is 1.47 bits per heavy atom. The number of carboxylic acid groups (broad SMARTS) is 1. The van der Waals surface area contributed by atoms with Crippen molar-refractivity contribution < 1.29 is 18.3 Å². The maximum atomic E-state index is 11.6. The van der Waals surface area contributed by atoms with Crippen molar-refractivity contribution in [2.24, 2.45) is 0 Å². The van der Waals surface area contributed by atoms with Crippen LogP contribution in [0.25, 0.3) is 0 Å². The zero-order valence-electron chi connectivity index (χ0n) is 8.55. The number of nitrogens with one attached hydrogen (secondary N) is 1. The van der Waals surface area contributed by atoms with Gasteiger partial charge in [-0.3, -0.25) is 4.31 Å². The highest BCUT2D eigenvalue weighted by Gasteiger charge is 2.29. The Morgan fingerprint density at radius 3 is 2.71 bits per heavy atom. The topological polar surface area (TPSA) is 86.7 Å². The first-order chi connectivity index (χ1) is 7.92. The van der Waals surface area contributed by atoms with E-state index in [-0.39, 0.29) is 29.4 Å². The molecule has 0 spiro atoms. The van der Waals surface area contributed by atoms with Crippen LogP contribution in [0.1, 0.15) is 10.4 Å². The summed E-state index contributed by atoms with van der Waals surface area (Å²) in [4.78, 5) is 10.8. The predicted molar refractivity (Wildman–Crippen MR) is 62.7 cm³/mol. The van der Waals surface area contributed by atoms with E-state index in [2.05, 4.69) is 4.72 Å². The van der Waals surface area contributed by atoms with E-state index in [1.54, 1.807) is 0 Å². The van der Waals surface area contributed by atoms with Gasteiger partial charge in [-0.2, -0.15) is 13.1 Å². The van der Waals surface area contributed by atoms with Crippen molar-refractivity contribution in [2.45, 2.75) is 0 Å². The minimum absolute atomic E-state index is 0.00787. The van der Waals surface area contributed by atoms with Gasteiger partial charge in [0.1, 0.15) is 0 Å². The standard InChI is InChI=1S/C9H9ClN2O4S/c10-7-2-1-6(9(13)14)5-8(7)12-4-3-11-17(12,15)16/h1-2,5,11H,3-4H2,(H,13,14). The van der Waals surface area contributed by atoms with Crippen LogP contribution in [0, 0.1) is 0 Å². The van der Waals surface area contributed by atoms with Crippen LogP contribution in [0.15, 0.2) is 18.2 Å². The van der Waals surface area contributed by atoms with Crippen LogP contribution in [0.2, 0.25) is 5.02 Å². The second-order valence-corrected chi connectivity index (χ2v) is 5.53. The molecule has 1 saturated heterocycles. The van der Waals surface area contributed by atoms with Crippen LogP contribution in [0.4, 0.5) is 5.69 Å². The largest absolute Gasteiger partial charge is 0.478 e. The number of carbonyl (C=O) groups is 1. The first-order valence-electron chi connectivity index (χ1n) is 4.72. The minimum Gasteiger partial charge on any atom is -0.478 e. The van der Waals surface area contributed by atoms with Crippen molar-refractivity contribution in [2.75, 3.05) is 17.4 Å². The minimum atomic E-state index is -3.60. The molecule has 17 heavy (non-hydrogen) atoms. The van der Waals surface area contributed by atoms with Crippen LogP contribution in [-0.4, -0.2) is 32.6 Å². The summed E-state index contributed by atoms with van der Waals surface area (Å²) < 4.78 is 26.6. The molecule has 2 rings (SSSR count). The summed E-state index contributed by atoms with van der Waals surface area (Å²) in [6, 6.07) is 3.94. The third-order valence-corrected chi connectivity index (χ3v) is 4.20. The molecular weight excluding hydrogens is 268 g/mol. The monoisotopic (exact) mass is 276 g/mol. The molecule has 0 aromatic heterocycles. The van der Waals surface area contributed by atoms with Gasteiger partial charge in [0.15, 0.2) is 0 Å². The molecule has 0 amide bonds. The molecule has 0 bridgehead atoms. The summed E-state index contributed by atoms with van der Waals surface area (Å²) in [6.07, 6.45) is 0. The Labute approximate surface area is 103 Å². The fourth-order valence-electron chi connectivity index (χ4n) is 1.56. The van der Waals surface area contributed by atoms with Gasteiger partial charge in [0, 0.05) is 13.1 Å². The normalized spacial score (nSPS) is 18.3. The number of rotatable bonds is 2. The molecule has 0 atom stereocenters. The highest BCUT2D eigenvalue weighted by molar-refractivity contribution is 7.91. The molecule has 2 N–H and O–H groups in total. The molecule has 1 fully saturated rings. The Kier molecular flexibility index (Phi) is 2.98. The highest BCUT2D eigenvalue weighted by atomic mass is 35.5. The average Bonchev–Trinajstić information content (AvgIpc) is 2.58. The van der Waals surface area contributed by atoms with Gasteiger partial charge < -0.3 is 5.11 Å². The fraction of sp³-hybridized carbons (Fsp3) is 0.222. The maximum absolute atomic E-state index is 11.6. The van der Waals surface area contributed by atoms with Crippen LogP contribution >= 0.6 is 11.6 Å². The van der Waals surface area contributed by atoms with Gasteiger partial charge in [-0.15, -0.1) is 0 Å². The number of aromatic carboxylic acids is 1. The van der Waals surface area contributed by atoms with Gasteiger partial charge >= 0.3 is 16.2 Å². The molecular formula is C9H9ClN2O4S. The van der Waals surface area contributed by atoms with Gasteiger partial charge in [-0.25, -0.2) is 4.79 Å². The van der Waals surface area contributed by atoms with Crippen LogP contribution < -0.4 is 9.03 Å². The quantitative estimate of drug-likeness (QED) is 0.832. The lowest BCUT2D eigenvalue weighted by Crippen LogP contribution is -2.29. The Balaban J connectivity index is 2.51. The van der Waals surface area contributed by atoms with E-state index in [0.29, 0.717) is 0 Å². The molecule has 1 aliphatic heterocycles. The van der Waals surface area contributed by atoms with Crippen LogP contribution in [0.5, 0.6) is 0 Å². The van der Waals surface area contributed by atoms with Crippen LogP contribution in [-0.2, 0) is 10.2 Å². The van der Waals surface area contributed by atoms with Crippen molar-refractivity contribution in [1.82, 2.24) is 4.72 Å². The third-order valence-electron chi connectivity index (χ3n) is 2.35. The molecule has 0 radical (unpaired) electrons. The molecule has 0 aliphatic carbocycles. The number of hydrogen-bond acceptors (Lipinski definition) is 3. The Hall–Kier alpha value is -1.31. The summed E-state index contributed by atoms with van der Waals surface area (Å²) in [7, 11) is -3.60. The molecule has 1 aromatic rings. The fourth-order valence-corrected chi connectivity index (χ4v) is 3.08. The molecule has 8 heteroatoms. The molecule has 92 valence electrons. The van der Waals surface area contributed by atoms with E-state index in [0.717, 1.165) is 4.31 Å². The van der Waals surface area contributed by atoms with Gasteiger partial charge in [0.2, 0.25) is 0 Å². The SMILES string of the molecule is O=C(O)c1ccc(Cl)c(N2CCNS2(=O)=O)c1. The zero-order chi connectivity index (χ0) is 12.6.